The number of carbonyl (C=O) groups excluding carboxylic acids is 1. The highest BCUT2D eigenvalue weighted by Crippen LogP contribution is 2.28. The second kappa shape index (κ2) is 3.92. The number of hydrogen-bond donors (Lipinski definition) is 0. The van der Waals surface area contributed by atoms with Gasteiger partial charge in [0.05, 0.1) is 4.92 Å². The number of Topliss-reactive ketones (excluding diaryl/α,β-unsaturated/α-hetero) is 1. The van der Waals surface area contributed by atoms with Crippen molar-refractivity contribution >= 4 is 17.2 Å². The van der Waals surface area contributed by atoms with Crippen LogP contribution in [0.3, 0.4) is 0 Å². The van der Waals surface area contributed by atoms with E-state index in [1.54, 1.807) is 6.07 Å². The summed E-state index contributed by atoms with van der Waals surface area (Å²) in [4.78, 5) is 23.6. The molecule has 0 unspecified atom stereocenters. The minimum Gasteiger partial charge on any atom is -0.374 e. The van der Waals surface area contributed by atoms with Crippen molar-refractivity contribution in [3.05, 3.63) is 33.9 Å². The fourth-order valence-corrected chi connectivity index (χ4v) is 1.88. The molecule has 1 aliphatic rings. The Morgan fingerprint density at radius 2 is 2.19 bits per heavy atom. The monoisotopic (exact) mass is 220 g/mol. The van der Waals surface area contributed by atoms with E-state index in [1.165, 1.54) is 12.1 Å². The lowest BCUT2D eigenvalue weighted by atomic mass is 10.1. The standard InChI is InChI=1S/C11H12N2O3/c1-12-5-4-10(14)6-8-2-3-9(13(15)16)7-11(8)12/h2-3,7H,4-6H2,1H3. The van der Waals surface area contributed by atoms with E-state index in [9.17, 15) is 14.9 Å². The van der Waals surface area contributed by atoms with Crippen molar-refractivity contribution in [2.24, 2.45) is 0 Å². The Balaban J connectivity index is 2.47. The summed E-state index contributed by atoms with van der Waals surface area (Å²) >= 11 is 0. The third-order valence-corrected chi connectivity index (χ3v) is 2.80. The van der Waals surface area contributed by atoms with Crippen LogP contribution >= 0.6 is 0 Å². The molecule has 0 N–H and O–H groups in total. The summed E-state index contributed by atoms with van der Waals surface area (Å²) in [6.45, 7) is 0.618. The van der Waals surface area contributed by atoms with E-state index in [4.69, 9.17) is 0 Å². The van der Waals surface area contributed by atoms with Crippen molar-refractivity contribution in [1.82, 2.24) is 0 Å². The average Bonchev–Trinajstić information content (AvgIpc) is 2.38. The van der Waals surface area contributed by atoms with Crippen molar-refractivity contribution in [3.8, 4) is 0 Å². The molecule has 5 nitrogen and oxygen atoms in total. The molecule has 0 atom stereocenters. The molecule has 0 spiro atoms. The summed E-state index contributed by atoms with van der Waals surface area (Å²) < 4.78 is 0. The number of carbonyl (C=O) groups is 1. The number of anilines is 1. The second-order valence-corrected chi connectivity index (χ2v) is 3.96. The molecule has 84 valence electrons. The summed E-state index contributed by atoms with van der Waals surface area (Å²) in [6, 6.07) is 4.66. The molecule has 1 aromatic rings. The van der Waals surface area contributed by atoms with Gasteiger partial charge in [-0.1, -0.05) is 0 Å². The van der Waals surface area contributed by atoms with Crippen molar-refractivity contribution in [3.63, 3.8) is 0 Å². The number of non-ortho nitro benzene ring substituents is 1. The molecule has 0 aromatic heterocycles. The Bertz CT molecular complexity index is 457. The molecule has 1 aromatic carbocycles. The molecule has 0 radical (unpaired) electrons. The van der Waals surface area contributed by atoms with Crippen LogP contribution in [0.2, 0.25) is 0 Å². The van der Waals surface area contributed by atoms with Gasteiger partial charge in [-0.05, 0) is 11.6 Å². The van der Waals surface area contributed by atoms with E-state index >= 15 is 0 Å². The molecule has 0 aliphatic carbocycles. The van der Waals surface area contributed by atoms with Gasteiger partial charge in [-0.3, -0.25) is 14.9 Å². The Hall–Kier alpha value is -1.91. The molecule has 0 amide bonds. The zero-order valence-electron chi connectivity index (χ0n) is 8.97. The molecule has 0 bridgehead atoms. The molecule has 1 aliphatic heterocycles. The maximum atomic E-state index is 11.4. The van der Waals surface area contributed by atoms with Gasteiger partial charge in [0, 0.05) is 44.3 Å². The summed E-state index contributed by atoms with van der Waals surface area (Å²) in [6.07, 6.45) is 0.872. The average molecular weight is 220 g/mol. The van der Waals surface area contributed by atoms with E-state index in [-0.39, 0.29) is 11.5 Å². The predicted octanol–water partition coefficient (Wildman–Crippen LogP) is 1.55. The highest BCUT2D eigenvalue weighted by Gasteiger charge is 2.19. The highest BCUT2D eigenvalue weighted by molar-refractivity contribution is 5.85. The second-order valence-electron chi connectivity index (χ2n) is 3.96. The van der Waals surface area contributed by atoms with Gasteiger partial charge in [0.15, 0.2) is 0 Å². The molecule has 0 saturated carbocycles. The number of nitro groups is 1. The largest absolute Gasteiger partial charge is 0.374 e. The van der Waals surface area contributed by atoms with Crippen molar-refractivity contribution in [2.45, 2.75) is 12.8 Å². The van der Waals surface area contributed by atoms with Crippen LogP contribution in [0.15, 0.2) is 18.2 Å². The van der Waals surface area contributed by atoms with E-state index in [0.29, 0.717) is 19.4 Å². The topological polar surface area (TPSA) is 63.5 Å². The molecule has 1 heterocycles. The first-order chi connectivity index (χ1) is 7.58. The molecule has 0 saturated heterocycles. The Morgan fingerprint density at radius 3 is 2.88 bits per heavy atom. The van der Waals surface area contributed by atoms with E-state index in [1.807, 2.05) is 11.9 Å². The minimum atomic E-state index is -0.416. The summed E-state index contributed by atoms with van der Waals surface area (Å²) in [5.41, 5.74) is 1.73. The van der Waals surface area contributed by atoms with Crippen LogP contribution in [-0.4, -0.2) is 24.3 Å². The smallest absolute Gasteiger partial charge is 0.271 e. The van der Waals surface area contributed by atoms with Gasteiger partial charge in [-0.15, -0.1) is 0 Å². The zero-order chi connectivity index (χ0) is 11.7. The maximum Gasteiger partial charge on any atom is 0.271 e. The predicted molar refractivity (Wildman–Crippen MR) is 59.7 cm³/mol. The fourth-order valence-electron chi connectivity index (χ4n) is 1.88. The normalized spacial score (nSPS) is 15.6. The molecule has 5 heteroatoms. The van der Waals surface area contributed by atoms with Crippen LogP contribution in [0.5, 0.6) is 0 Å². The van der Waals surface area contributed by atoms with Crippen LogP contribution in [-0.2, 0) is 11.2 Å². The van der Waals surface area contributed by atoms with E-state index < -0.39 is 4.92 Å². The van der Waals surface area contributed by atoms with Crippen molar-refractivity contribution < 1.29 is 9.72 Å². The van der Waals surface area contributed by atoms with Gasteiger partial charge in [0.1, 0.15) is 5.78 Å². The molecular weight excluding hydrogens is 208 g/mol. The van der Waals surface area contributed by atoms with Gasteiger partial charge in [-0.2, -0.15) is 0 Å². The van der Waals surface area contributed by atoms with Crippen LogP contribution < -0.4 is 4.90 Å². The number of hydrogen-bond acceptors (Lipinski definition) is 4. The van der Waals surface area contributed by atoms with Crippen LogP contribution in [0.1, 0.15) is 12.0 Å². The fraction of sp³-hybridized carbons (Fsp3) is 0.364. The van der Waals surface area contributed by atoms with Gasteiger partial charge < -0.3 is 4.90 Å². The molecule has 2 rings (SSSR count). The van der Waals surface area contributed by atoms with Crippen LogP contribution in [0.4, 0.5) is 11.4 Å². The lowest BCUT2D eigenvalue weighted by Crippen LogP contribution is -2.18. The minimum absolute atomic E-state index is 0.0694. The van der Waals surface area contributed by atoms with Gasteiger partial charge >= 0.3 is 0 Å². The quantitative estimate of drug-likeness (QED) is 0.532. The Morgan fingerprint density at radius 1 is 1.44 bits per heavy atom. The van der Waals surface area contributed by atoms with Gasteiger partial charge in [0.2, 0.25) is 0 Å². The number of nitrogens with zero attached hydrogens (tertiary/aromatic N) is 2. The lowest BCUT2D eigenvalue weighted by molar-refractivity contribution is -0.384. The number of fused-ring (bicyclic) bond motifs is 1. The first kappa shape index (κ1) is 10.6. The number of ketones is 1. The van der Waals surface area contributed by atoms with E-state index in [0.717, 1.165) is 11.3 Å². The highest BCUT2D eigenvalue weighted by atomic mass is 16.6. The summed E-state index contributed by atoms with van der Waals surface area (Å²) in [7, 11) is 1.85. The van der Waals surface area contributed by atoms with Crippen molar-refractivity contribution in [1.29, 1.82) is 0 Å². The van der Waals surface area contributed by atoms with E-state index in [2.05, 4.69) is 0 Å². The third kappa shape index (κ3) is 1.88. The number of benzene rings is 1. The summed E-state index contributed by atoms with van der Waals surface area (Å²) in [5, 5.41) is 10.7. The third-order valence-electron chi connectivity index (χ3n) is 2.80. The van der Waals surface area contributed by atoms with Crippen molar-refractivity contribution in [2.75, 3.05) is 18.5 Å². The van der Waals surface area contributed by atoms with Gasteiger partial charge in [0.25, 0.3) is 5.69 Å². The Labute approximate surface area is 92.8 Å². The van der Waals surface area contributed by atoms with Gasteiger partial charge in [-0.25, -0.2) is 0 Å². The van der Waals surface area contributed by atoms with Crippen LogP contribution in [0.25, 0.3) is 0 Å². The number of nitro benzene ring substituents is 1. The molecular formula is C11H12N2O3. The Kier molecular flexibility index (Phi) is 2.60. The summed E-state index contributed by atoms with van der Waals surface area (Å²) in [5.74, 6) is 0.180. The number of rotatable bonds is 1. The maximum absolute atomic E-state index is 11.4. The molecule has 0 fully saturated rings. The SMILES string of the molecule is CN1CCC(=O)Cc2ccc([N+](=O)[O-])cc21. The first-order valence-electron chi connectivity index (χ1n) is 5.08. The zero-order valence-corrected chi connectivity index (χ0v) is 8.97. The first-order valence-corrected chi connectivity index (χ1v) is 5.08. The van der Waals surface area contributed by atoms with Crippen LogP contribution in [0, 0.1) is 10.1 Å². The lowest BCUT2D eigenvalue weighted by Gasteiger charge is -2.18. The molecule has 16 heavy (non-hydrogen) atoms.